The van der Waals surface area contributed by atoms with Gasteiger partial charge in [-0.2, -0.15) is 0 Å². The van der Waals surface area contributed by atoms with Gasteiger partial charge in [-0.25, -0.2) is 4.79 Å². The minimum atomic E-state index is -0.901. The Morgan fingerprint density at radius 2 is 2.22 bits per heavy atom. The van der Waals surface area contributed by atoms with Gasteiger partial charge in [0.15, 0.2) is 0 Å². The summed E-state index contributed by atoms with van der Waals surface area (Å²) in [6, 6.07) is 3.64. The Labute approximate surface area is 135 Å². The minimum Gasteiger partial charge on any atom is -0.507 e. The Hall–Kier alpha value is -1.79. The van der Waals surface area contributed by atoms with Crippen molar-refractivity contribution >= 4 is 6.09 Å². The summed E-state index contributed by atoms with van der Waals surface area (Å²) in [6.45, 7) is 2.72. The van der Waals surface area contributed by atoms with Crippen LogP contribution in [0.3, 0.4) is 0 Å². The maximum absolute atomic E-state index is 11.5. The molecule has 2 aliphatic heterocycles. The Kier molecular flexibility index (Phi) is 4.46. The molecule has 1 fully saturated rings. The van der Waals surface area contributed by atoms with Gasteiger partial charge in [-0.15, -0.1) is 0 Å². The maximum atomic E-state index is 11.5. The number of aromatic hydroxyl groups is 1. The SMILES string of the molecule is Cc1ccc2c(c1O)C[C@@H](C1CCCCN1C(=O)O)O[C@H]2CN. The molecule has 23 heavy (non-hydrogen) atoms. The van der Waals surface area contributed by atoms with Crippen molar-refractivity contribution < 1.29 is 19.7 Å². The standard InChI is InChI=1S/C17H24N2O4/c1-10-5-6-11-12(16(10)20)8-14(23-15(11)9-18)13-4-2-3-7-19(13)17(21)22/h5-6,13-15,20H,2-4,7-9,18H2,1H3,(H,21,22)/t13?,14-,15-/m0/s1. The molecule has 1 saturated heterocycles. The van der Waals surface area contributed by atoms with Crippen molar-refractivity contribution in [3.05, 3.63) is 28.8 Å². The highest BCUT2D eigenvalue weighted by atomic mass is 16.5. The van der Waals surface area contributed by atoms with E-state index in [0.29, 0.717) is 19.5 Å². The van der Waals surface area contributed by atoms with Crippen LogP contribution in [-0.2, 0) is 11.2 Å². The van der Waals surface area contributed by atoms with Gasteiger partial charge < -0.3 is 25.6 Å². The predicted octanol–water partition coefficient (Wildman–Crippen LogP) is 2.17. The third-order valence-corrected chi connectivity index (χ3v) is 5.05. The number of phenolic OH excluding ortho intramolecular Hbond substituents is 1. The predicted molar refractivity (Wildman–Crippen MR) is 85.6 cm³/mol. The fourth-order valence-electron chi connectivity index (χ4n) is 3.81. The lowest BCUT2D eigenvalue weighted by Gasteiger charge is -2.42. The number of hydrogen-bond donors (Lipinski definition) is 3. The average molecular weight is 320 g/mol. The number of hydrogen-bond acceptors (Lipinski definition) is 4. The Balaban J connectivity index is 1.93. The molecule has 126 valence electrons. The highest BCUT2D eigenvalue weighted by molar-refractivity contribution is 5.65. The van der Waals surface area contributed by atoms with Gasteiger partial charge in [0, 0.05) is 25.1 Å². The lowest BCUT2D eigenvalue weighted by molar-refractivity contribution is -0.0704. The number of fused-ring (bicyclic) bond motifs is 1. The van der Waals surface area contributed by atoms with Crippen molar-refractivity contribution in [3.63, 3.8) is 0 Å². The van der Waals surface area contributed by atoms with Crippen LogP contribution in [0.25, 0.3) is 0 Å². The van der Waals surface area contributed by atoms with Crippen LogP contribution >= 0.6 is 0 Å². The third-order valence-electron chi connectivity index (χ3n) is 5.05. The first kappa shape index (κ1) is 16.1. The van der Waals surface area contributed by atoms with Gasteiger partial charge in [-0.05, 0) is 37.3 Å². The number of nitrogens with two attached hydrogens (primary N) is 1. The van der Waals surface area contributed by atoms with E-state index in [1.807, 2.05) is 19.1 Å². The van der Waals surface area contributed by atoms with E-state index in [0.717, 1.165) is 36.0 Å². The Bertz CT molecular complexity index is 605. The zero-order valence-corrected chi connectivity index (χ0v) is 13.4. The number of ether oxygens (including phenoxy) is 1. The largest absolute Gasteiger partial charge is 0.507 e. The lowest BCUT2D eigenvalue weighted by atomic mass is 9.86. The van der Waals surface area contributed by atoms with Crippen LogP contribution in [0, 0.1) is 6.92 Å². The highest BCUT2D eigenvalue weighted by Crippen LogP contribution is 2.39. The zero-order valence-electron chi connectivity index (χ0n) is 13.4. The van der Waals surface area contributed by atoms with Gasteiger partial charge in [-0.3, -0.25) is 0 Å². The van der Waals surface area contributed by atoms with E-state index in [4.69, 9.17) is 10.5 Å². The molecule has 1 aromatic carbocycles. The van der Waals surface area contributed by atoms with E-state index in [1.54, 1.807) is 0 Å². The molecule has 6 nitrogen and oxygen atoms in total. The van der Waals surface area contributed by atoms with Crippen LogP contribution in [0.1, 0.15) is 42.1 Å². The van der Waals surface area contributed by atoms with Gasteiger partial charge in [0.05, 0.1) is 18.2 Å². The molecule has 1 unspecified atom stereocenters. The summed E-state index contributed by atoms with van der Waals surface area (Å²) in [5.74, 6) is 0.284. The van der Waals surface area contributed by atoms with Gasteiger partial charge in [0.2, 0.25) is 0 Å². The van der Waals surface area contributed by atoms with Crippen LogP contribution in [0.2, 0.25) is 0 Å². The monoisotopic (exact) mass is 320 g/mol. The normalized spacial score (nSPS) is 27.6. The first-order chi connectivity index (χ1) is 11.0. The molecule has 6 heteroatoms. The number of likely N-dealkylation sites (tertiary alicyclic amines) is 1. The number of carboxylic acid groups (broad SMARTS) is 1. The van der Waals surface area contributed by atoms with Gasteiger partial charge in [-0.1, -0.05) is 12.1 Å². The third kappa shape index (κ3) is 2.88. The second-order valence-corrected chi connectivity index (χ2v) is 6.44. The van der Waals surface area contributed by atoms with Crippen molar-refractivity contribution in [1.29, 1.82) is 0 Å². The van der Waals surface area contributed by atoms with E-state index < -0.39 is 6.09 Å². The van der Waals surface area contributed by atoms with Crippen LogP contribution in [0.5, 0.6) is 5.75 Å². The van der Waals surface area contributed by atoms with Crippen molar-refractivity contribution in [2.75, 3.05) is 13.1 Å². The molecule has 0 bridgehead atoms. The van der Waals surface area contributed by atoms with Crippen molar-refractivity contribution in [2.45, 2.75) is 50.9 Å². The number of rotatable bonds is 2. The summed E-state index contributed by atoms with van der Waals surface area (Å²) in [7, 11) is 0. The summed E-state index contributed by atoms with van der Waals surface area (Å²) < 4.78 is 6.14. The van der Waals surface area contributed by atoms with Crippen LogP contribution in [0.4, 0.5) is 4.79 Å². The summed E-state index contributed by atoms with van der Waals surface area (Å²) in [6.07, 6.45) is 1.73. The summed E-state index contributed by atoms with van der Waals surface area (Å²) in [5, 5.41) is 19.9. The molecule has 0 aliphatic carbocycles. The molecule has 1 aromatic rings. The topological polar surface area (TPSA) is 96.0 Å². The average Bonchev–Trinajstić information content (AvgIpc) is 2.57. The van der Waals surface area contributed by atoms with E-state index in [2.05, 4.69) is 0 Å². The summed E-state index contributed by atoms with van der Waals surface area (Å²) in [4.78, 5) is 13.0. The fraction of sp³-hybridized carbons (Fsp3) is 0.588. The molecule has 0 radical (unpaired) electrons. The summed E-state index contributed by atoms with van der Waals surface area (Å²) in [5.41, 5.74) is 8.45. The van der Waals surface area contributed by atoms with E-state index in [9.17, 15) is 15.0 Å². The molecule has 0 saturated carbocycles. The molecule has 0 aromatic heterocycles. The first-order valence-corrected chi connectivity index (χ1v) is 8.19. The second kappa shape index (κ2) is 6.37. The molecule has 2 heterocycles. The molecule has 4 N–H and O–H groups in total. The quantitative estimate of drug-likeness (QED) is 0.776. The Morgan fingerprint density at radius 3 is 2.91 bits per heavy atom. The van der Waals surface area contributed by atoms with Crippen molar-refractivity contribution in [3.8, 4) is 5.75 Å². The number of piperidine rings is 1. The van der Waals surface area contributed by atoms with E-state index >= 15 is 0 Å². The minimum absolute atomic E-state index is 0.177. The molecular formula is C17H24N2O4. The van der Waals surface area contributed by atoms with E-state index in [-0.39, 0.29) is 24.0 Å². The number of nitrogens with zero attached hydrogens (tertiary/aromatic N) is 1. The molecule has 1 amide bonds. The number of amides is 1. The smallest absolute Gasteiger partial charge is 0.407 e. The van der Waals surface area contributed by atoms with Crippen LogP contribution in [-0.4, -0.2) is 46.4 Å². The van der Waals surface area contributed by atoms with Crippen LogP contribution in [0.15, 0.2) is 12.1 Å². The van der Waals surface area contributed by atoms with Gasteiger partial charge in [0.25, 0.3) is 0 Å². The van der Waals surface area contributed by atoms with Gasteiger partial charge >= 0.3 is 6.09 Å². The van der Waals surface area contributed by atoms with Crippen molar-refractivity contribution in [2.24, 2.45) is 5.73 Å². The molecule has 0 spiro atoms. The van der Waals surface area contributed by atoms with Gasteiger partial charge in [0.1, 0.15) is 5.75 Å². The van der Waals surface area contributed by atoms with Crippen LogP contribution < -0.4 is 5.73 Å². The second-order valence-electron chi connectivity index (χ2n) is 6.44. The maximum Gasteiger partial charge on any atom is 0.407 e. The first-order valence-electron chi connectivity index (χ1n) is 8.19. The molecular weight excluding hydrogens is 296 g/mol. The van der Waals surface area contributed by atoms with E-state index in [1.165, 1.54) is 4.90 Å². The fourth-order valence-corrected chi connectivity index (χ4v) is 3.81. The van der Waals surface area contributed by atoms with Crippen molar-refractivity contribution in [1.82, 2.24) is 4.90 Å². The number of phenols is 1. The number of benzene rings is 1. The number of aryl methyl sites for hydroxylation is 1. The molecule has 2 aliphatic rings. The highest BCUT2D eigenvalue weighted by Gasteiger charge is 2.39. The summed E-state index contributed by atoms with van der Waals surface area (Å²) >= 11 is 0. The molecule has 3 atom stereocenters. The molecule has 3 rings (SSSR count). The lowest BCUT2D eigenvalue weighted by Crippen LogP contribution is -2.52. The number of carbonyl (C=O) groups is 1. The zero-order chi connectivity index (χ0) is 16.6. The Morgan fingerprint density at radius 1 is 1.43 bits per heavy atom.